The molecule has 0 saturated carbocycles. The Labute approximate surface area is 103 Å². The van der Waals surface area contributed by atoms with Gasteiger partial charge in [-0.05, 0) is 32.0 Å². The smallest absolute Gasteiger partial charge is 0.126 e. The van der Waals surface area contributed by atoms with Crippen molar-refractivity contribution in [3.05, 3.63) is 46.0 Å². The van der Waals surface area contributed by atoms with Crippen LogP contribution in [0.5, 0.6) is 0 Å². The van der Waals surface area contributed by atoms with Gasteiger partial charge in [-0.1, -0.05) is 11.6 Å². The Balaban J connectivity index is 2.65. The second-order valence-corrected chi connectivity index (χ2v) is 4.08. The lowest BCUT2D eigenvalue weighted by Crippen LogP contribution is -2.00. The molecule has 0 spiro atoms. The van der Waals surface area contributed by atoms with Crippen molar-refractivity contribution in [2.75, 3.05) is 0 Å². The molecule has 0 aliphatic carbocycles. The molecule has 2 rings (SSSR count). The van der Waals surface area contributed by atoms with Crippen LogP contribution in [0.1, 0.15) is 17.0 Å². The lowest BCUT2D eigenvalue weighted by atomic mass is 10.2. The Morgan fingerprint density at radius 1 is 1.35 bits per heavy atom. The van der Waals surface area contributed by atoms with Crippen LogP contribution in [0.3, 0.4) is 0 Å². The average molecular weight is 250 g/mol. The Bertz CT molecular complexity index is 625. The van der Waals surface area contributed by atoms with Crippen molar-refractivity contribution in [2.45, 2.75) is 13.8 Å². The molecule has 1 aromatic heterocycles. The molecule has 17 heavy (non-hydrogen) atoms. The molecule has 3 nitrogen and oxygen atoms in total. The molecule has 1 heterocycles. The van der Waals surface area contributed by atoms with Gasteiger partial charge in [0.1, 0.15) is 5.82 Å². The van der Waals surface area contributed by atoms with Gasteiger partial charge in [-0.3, -0.25) is 0 Å². The largest absolute Gasteiger partial charge is 0.236 e. The van der Waals surface area contributed by atoms with Gasteiger partial charge in [0, 0.05) is 0 Å². The van der Waals surface area contributed by atoms with Crippen molar-refractivity contribution in [3.63, 3.8) is 0 Å². The van der Waals surface area contributed by atoms with E-state index in [0.29, 0.717) is 16.4 Å². The van der Waals surface area contributed by atoms with Crippen molar-refractivity contribution in [1.29, 1.82) is 5.26 Å². The van der Waals surface area contributed by atoms with E-state index >= 15 is 0 Å². The highest BCUT2D eigenvalue weighted by Gasteiger charge is 2.12. The second-order valence-electron chi connectivity index (χ2n) is 3.71. The monoisotopic (exact) mass is 249 g/mol. The molecule has 0 amide bonds. The van der Waals surface area contributed by atoms with E-state index in [9.17, 15) is 4.39 Å². The maximum atomic E-state index is 13.3. The highest BCUT2D eigenvalue weighted by molar-refractivity contribution is 6.31. The molecule has 5 heteroatoms. The normalized spacial score (nSPS) is 10.3. The van der Waals surface area contributed by atoms with Crippen LogP contribution in [0.2, 0.25) is 5.02 Å². The number of benzene rings is 1. The molecule has 0 aliphatic rings. The fourth-order valence-electron chi connectivity index (χ4n) is 1.64. The minimum atomic E-state index is -0.470. The van der Waals surface area contributed by atoms with Gasteiger partial charge in [-0.15, -0.1) is 0 Å². The molecule has 2 aromatic rings. The summed E-state index contributed by atoms with van der Waals surface area (Å²) in [6.07, 6.45) is 0. The first kappa shape index (κ1) is 11.6. The van der Waals surface area contributed by atoms with Crippen LogP contribution in [0.4, 0.5) is 4.39 Å². The molecule has 86 valence electrons. The third-order valence-electron chi connectivity index (χ3n) is 2.46. The van der Waals surface area contributed by atoms with Gasteiger partial charge in [0.2, 0.25) is 0 Å². The zero-order valence-electron chi connectivity index (χ0n) is 9.33. The fraction of sp³-hybridized carbons (Fsp3) is 0.167. The van der Waals surface area contributed by atoms with Crippen LogP contribution in [0.25, 0.3) is 5.69 Å². The maximum Gasteiger partial charge on any atom is 0.126 e. The van der Waals surface area contributed by atoms with E-state index in [0.717, 1.165) is 5.69 Å². The predicted octanol–water partition coefficient (Wildman–Crippen LogP) is 3.15. The van der Waals surface area contributed by atoms with Gasteiger partial charge in [0.05, 0.1) is 33.7 Å². The Kier molecular flexibility index (Phi) is 2.86. The van der Waals surface area contributed by atoms with E-state index in [1.165, 1.54) is 16.8 Å². The molecular formula is C12H9ClFN3. The number of nitriles is 1. The summed E-state index contributed by atoms with van der Waals surface area (Å²) < 4.78 is 14.8. The van der Waals surface area contributed by atoms with E-state index in [4.69, 9.17) is 16.9 Å². The number of nitrogens with zero attached hydrogens (tertiary/aromatic N) is 3. The van der Waals surface area contributed by atoms with Crippen molar-refractivity contribution in [2.24, 2.45) is 0 Å². The first-order chi connectivity index (χ1) is 8.02. The first-order valence-electron chi connectivity index (χ1n) is 4.95. The van der Waals surface area contributed by atoms with Crippen molar-refractivity contribution in [1.82, 2.24) is 9.78 Å². The van der Waals surface area contributed by atoms with E-state index in [1.54, 1.807) is 19.9 Å². The lowest BCUT2D eigenvalue weighted by Gasteiger charge is -2.05. The van der Waals surface area contributed by atoms with Crippen LogP contribution >= 0.6 is 11.6 Å². The van der Waals surface area contributed by atoms with Crippen LogP contribution in [-0.2, 0) is 0 Å². The number of rotatable bonds is 1. The van der Waals surface area contributed by atoms with Crippen molar-refractivity contribution >= 4 is 11.6 Å². The number of aromatic nitrogens is 2. The second kappa shape index (κ2) is 4.19. The van der Waals surface area contributed by atoms with Crippen LogP contribution in [0, 0.1) is 31.0 Å². The molecule has 0 N–H and O–H groups in total. The minimum absolute atomic E-state index is 0.253. The molecule has 0 bridgehead atoms. The Morgan fingerprint density at radius 3 is 2.59 bits per heavy atom. The molecule has 0 radical (unpaired) electrons. The summed E-state index contributed by atoms with van der Waals surface area (Å²) in [4.78, 5) is 0. The maximum absolute atomic E-state index is 13.3. The summed E-state index contributed by atoms with van der Waals surface area (Å²) in [5.74, 6) is -0.470. The standard InChI is InChI=1S/C12H9ClFN3/c1-7-12(13)8(2)17(16-7)11-4-9(6-15)3-10(14)5-11/h3-5H,1-2H3. The average Bonchev–Trinajstić information content (AvgIpc) is 2.56. The number of hydrogen-bond acceptors (Lipinski definition) is 2. The van der Waals surface area contributed by atoms with E-state index in [2.05, 4.69) is 5.10 Å². The minimum Gasteiger partial charge on any atom is -0.236 e. The van der Waals surface area contributed by atoms with E-state index < -0.39 is 5.82 Å². The Hall–Kier alpha value is -1.86. The predicted molar refractivity (Wildman–Crippen MR) is 62.7 cm³/mol. The van der Waals surface area contributed by atoms with Gasteiger partial charge < -0.3 is 0 Å². The highest BCUT2D eigenvalue weighted by Crippen LogP contribution is 2.23. The number of aryl methyl sites for hydroxylation is 1. The van der Waals surface area contributed by atoms with Gasteiger partial charge in [-0.25, -0.2) is 9.07 Å². The molecule has 1 aromatic carbocycles. The molecule has 0 fully saturated rings. The summed E-state index contributed by atoms with van der Waals surface area (Å²) in [7, 11) is 0. The van der Waals surface area contributed by atoms with Gasteiger partial charge >= 0.3 is 0 Å². The highest BCUT2D eigenvalue weighted by atomic mass is 35.5. The third kappa shape index (κ3) is 2.02. The lowest BCUT2D eigenvalue weighted by molar-refractivity contribution is 0.624. The van der Waals surface area contributed by atoms with Crippen LogP contribution in [0.15, 0.2) is 18.2 Å². The quantitative estimate of drug-likeness (QED) is 0.779. The van der Waals surface area contributed by atoms with Gasteiger partial charge in [0.15, 0.2) is 0 Å². The van der Waals surface area contributed by atoms with Gasteiger partial charge in [-0.2, -0.15) is 10.4 Å². The first-order valence-corrected chi connectivity index (χ1v) is 5.33. The summed E-state index contributed by atoms with van der Waals surface area (Å²) in [6, 6.07) is 5.97. The molecule has 0 unspecified atom stereocenters. The number of hydrogen-bond donors (Lipinski definition) is 0. The molecule has 0 aliphatic heterocycles. The number of halogens is 2. The topological polar surface area (TPSA) is 41.6 Å². The molecule has 0 atom stereocenters. The van der Waals surface area contributed by atoms with E-state index in [1.807, 2.05) is 6.07 Å². The van der Waals surface area contributed by atoms with Gasteiger partial charge in [0.25, 0.3) is 0 Å². The Morgan fingerprint density at radius 2 is 2.06 bits per heavy atom. The van der Waals surface area contributed by atoms with Crippen LogP contribution in [-0.4, -0.2) is 9.78 Å². The zero-order chi connectivity index (χ0) is 12.6. The van der Waals surface area contributed by atoms with Crippen molar-refractivity contribution < 1.29 is 4.39 Å². The summed E-state index contributed by atoms with van der Waals surface area (Å²) in [5, 5.41) is 13.5. The molecular weight excluding hydrogens is 241 g/mol. The fourth-order valence-corrected chi connectivity index (χ4v) is 1.75. The zero-order valence-corrected chi connectivity index (χ0v) is 10.1. The third-order valence-corrected chi connectivity index (χ3v) is 3.01. The summed E-state index contributed by atoms with van der Waals surface area (Å²) >= 11 is 6.02. The van der Waals surface area contributed by atoms with Crippen LogP contribution < -0.4 is 0 Å². The molecule has 0 saturated heterocycles. The van der Waals surface area contributed by atoms with Crippen molar-refractivity contribution in [3.8, 4) is 11.8 Å². The SMILES string of the molecule is Cc1nn(-c2cc(F)cc(C#N)c2)c(C)c1Cl. The van der Waals surface area contributed by atoms with E-state index in [-0.39, 0.29) is 5.56 Å². The summed E-state index contributed by atoms with van der Waals surface area (Å²) in [6.45, 7) is 3.57. The summed E-state index contributed by atoms with van der Waals surface area (Å²) in [5.41, 5.74) is 2.14.